The summed E-state index contributed by atoms with van der Waals surface area (Å²) in [5, 5.41) is 12.2. The van der Waals surface area contributed by atoms with E-state index in [-0.39, 0.29) is 0 Å². The summed E-state index contributed by atoms with van der Waals surface area (Å²) in [6.45, 7) is 1.98. The molecule has 2 N–H and O–H groups in total. The summed E-state index contributed by atoms with van der Waals surface area (Å²) in [4.78, 5) is 12.5. The second kappa shape index (κ2) is 6.47. The van der Waals surface area contributed by atoms with Crippen LogP contribution in [0.25, 0.3) is 0 Å². The maximum atomic E-state index is 11.1. The number of ether oxygens (including phenoxy) is 2. The number of carboxylic acid groups (broad SMARTS) is 1. The number of hydrogen-bond acceptors (Lipinski definition) is 4. The Kier molecular flexibility index (Phi) is 4.68. The first-order chi connectivity index (χ1) is 9.65. The van der Waals surface area contributed by atoms with E-state index in [0.29, 0.717) is 32.7 Å². The van der Waals surface area contributed by atoms with Gasteiger partial charge in [-0.2, -0.15) is 0 Å². The van der Waals surface area contributed by atoms with E-state index in [4.69, 9.17) is 14.6 Å². The Bertz CT molecular complexity index is 473. The molecule has 0 radical (unpaired) electrons. The first-order valence-electron chi connectivity index (χ1n) is 6.59. The monoisotopic (exact) mass is 280 g/mol. The number of nitrogens with one attached hydrogen (secondary N) is 1. The molecule has 1 aliphatic heterocycles. The topological polar surface area (TPSA) is 71.0 Å². The number of nitrogens with zero attached hydrogens (tertiary/aromatic N) is 1. The van der Waals surface area contributed by atoms with E-state index < -0.39 is 6.09 Å². The highest BCUT2D eigenvalue weighted by molar-refractivity contribution is 5.67. The minimum atomic E-state index is -0.877. The van der Waals surface area contributed by atoms with Crippen molar-refractivity contribution in [2.45, 2.75) is 13.0 Å². The zero-order chi connectivity index (χ0) is 14.5. The standard InChI is InChI=1S/C14H20N2O4/c1-15-13-8-11(20-6-5-19-2)7-10-3-4-16(14(17)18)9-12(10)13/h7-8,15H,3-6,9H2,1-2H3,(H,17,18). The molecule has 1 amide bonds. The molecule has 0 fully saturated rings. The molecular weight excluding hydrogens is 260 g/mol. The highest BCUT2D eigenvalue weighted by Crippen LogP contribution is 2.31. The van der Waals surface area contributed by atoms with Gasteiger partial charge in [-0.1, -0.05) is 0 Å². The minimum absolute atomic E-state index is 0.416. The molecule has 1 heterocycles. The maximum Gasteiger partial charge on any atom is 0.407 e. The second-order valence-corrected chi connectivity index (χ2v) is 4.65. The first-order valence-corrected chi connectivity index (χ1v) is 6.59. The SMILES string of the molecule is CNc1cc(OCCOC)cc2c1CN(C(=O)O)CC2. The van der Waals surface area contributed by atoms with Crippen molar-refractivity contribution in [1.29, 1.82) is 0 Å². The molecule has 0 aromatic heterocycles. The van der Waals surface area contributed by atoms with Gasteiger partial charge >= 0.3 is 6.09 Å². The van der Waals surface area contributed by atoms with Gasteiger partial charge in [0.2, 0.25) is 0 Å². The third-order valence-corrected chi connectivity index (χ3v) is 3.41. The molecule has 6 nitrogen and oxygen atoms in total. The van der Waals surface area contributed by atoms with Crippen LogP contribution in [-0.4, -0.2) is 50.0 Å². The number of methoxy groups -OCH3 is 1. The Hall–Kier alpha value is -1.95. The Morgan fingerprint density at radius 3 is 2.90 bits per heavy atom. The number of rotatable bonds is 5. The lowest BCUT2D eigenvalue weighted by Gasteiger charge is -2.28. The quantitative estimate of drug-likeness (QED) is 0.805. The Balaban J connectivity index is 2.21. The molecule has 1 aliphatic rings. The van der Waals surface area contributed by atoms with Crippen molar-refractivity contribution in [3.8, 4) is 5.75 Å². The van der Waals surface area contributed by atoms with Crippen molar-refractivity contribution >= 4 is 11.8 Å². The highest BCUT2D eigenvalue weighted by atomic mass is 16.5. The van der Waals surface area contributed by atoms with E-state index in [2.05, 4.69) is 5.32 Å². The number of carbonyl (C=O) groups is 1. The average Bonchev–Trinajstić information content (AvgIpc) is 2.46. The largest absolute Gasteiger partial charge is 0.491 e. The highest BCUT2D eigenvalue weighted by Gasteiger charge is 2.23. The van der Waals surface area contributed by atoms with Crippen molar-refractivity contribution in [3.63, 3.8) is 0 Å². The van der Waals surface area contributed by atoms with Crippen molar-refractivity contribution in [1.82, 2.24) is 4.90 Å². The molecule has 0 unspecified atom stereocenters. The fourth-order valence-electron chi connectivity index (χ4n) is 2.35. The van der Waals surface area contributed by atoms with Gasteiger partial charge in [-0.25, -0.2) is 4.79 Å². The van der Waals surface area contributed by atoms with Gasteiger partial charge in [0.25, 0.3) is 0 Å². The molecule has 0 atom stereocenters. The molecule has 1 aromatic rings. The third-order valence-electron chi connectivity index (χ3n) is 3.41. The average molecular weight is 280 g/mol. The van der Waals surface area contributed by atoms with Gasteiger partial charge in [0.1, 0.15) is 12.4 Å². The van der Waals surface area contributed by atoms with Crippen LogP contribution in [-0.2, 0) is 17.7 Å². The fraction of sp³-hybridized carbons (Fsp3) is 0.500. The van der Waals surface area contributed by atoms with Gasteiger partial charge in [-0.3, -0.25) is 0 Å². The Morgan fingerprint density at radius 2 is 2.25 bits per heavy atom. The van der Waals surface area contributed by atoms with Gasteiger partial charge in [-0.05, 0) is 23.6 Å². The van der Waals surface area contributed by atoms with Crippen LogP contribution in [0, 0.1) is 0 Å². The van der Waals surface area contributed by atoms with Gasteiger partial charge in [0, 0.05) is 32.5 Å². The van der Waals surface area contributed by atoms with Crippen LogP contribution in [0.3, 0.4) is 0 Å². The molecule has 0 aliphatic carbocycles. The molecule has 0 saturated carbocycles. The summed E-state index contributed by atoms with van der Waals surface area (Å²) in [5.74, 6) is 0.786. The predicted octanol–water partition coefficient (Wildman–Crippen LogP) is 1.79. The van der Waals surface area contributed by atoms with Crippen LogP contribution in [0.2, 0.25) is 0 Å². The lowest BCUT2D eigenvalue weighted by atomic mass is 9.97. The minimum Gasteiger partial charge on any atom is -0.491 e. The Morgan fingerprint density at radius 1 is 1.45 bits per heavy atom. The zero-order valence-electron chi connectivity index (χ0n) is 11.8. The number of benzene rings is 1. The van der Waals surface area contributed by atoms with E-state index in [1.807, 2.05) is 19.2 Å². The molecule has 20 heavy (non-hydrogen) atoms. The van der Waals surface area contributed by atoms with Gasteiger partial charge in [0.15, 0.2) is 0 Å². The van der Waals surface area contributed by atoms with Crippen LogP contribution in [0.5, 0.6) is 5.75 Å². The number of fused-ring (bicyclic) bond motifs is 1. The van der Waals surface area contributed by atoms with Crippen molar-refractivity contribution in [2.75, 3.05) is 39.2 Å². The molecular formula is C14H20N2O4. The van der Waals surface area contributed by atoms with Gasteiger partial charge < -0.3 is 24.8 Å². The van der Waals surface area contributed by atoms with Gasteiger partial charge in [0.05, 0.1) is 13.2 Å². The van der Waals surface area contributed by atoms with E-state index in [1.54, 1.807) is 7.11 Å². The number of hydrogen-bond donors (Lipinski definition) is 2. The number of anilines is 1. The van der Waals surface area contributed by atoms with Gasteiger partial charge in [-0.15, -0.1) is 0 Å². The molecule has 6 heteroatoms. The lowest BCUT2D eigenvalue weighted by Crippen LogP contribution is -2.35. The van der Waals surface area contributed by atoms with E-state index in [1.165, 1.54) is 4.90 Å². The summed E-state index contributed by atoms with van der Waals surface area (Å²) in [7, 11) is 3.46. The van der Waals surface area contributed by atoms with Crippen LogP contribution < -0.4 is 10.1 Å². The third kappa shape index (κ3) is 3.14. The molecule has 2 rings (SSSR count). The van der Waals surface area contributed by atoms with Crippen LogP contribution in [0.15, 0.2) is 12.1 Å². The van der Waals surface area contributed by atoms with Crippen molar-refractivity contribution in [3.05, 3.63) is 23.3 Å². The fourth-order valence-corrected chi connectivity index (χ4v) is 2.35. The summed E-state index contributed by atoms with van der Waals surface area (Å²) < 4.78 is 10.6. The van der Waals surface area contributed by atoms with Crippen molar-refractivity contribution in [2.24, 2.45) is 0 Å². The molecule has 0 bridgehead atoms. The summed E-state index contributed by atoms with van der Waals surface area (Å²) >= 11 is 0. The van der Waals surface area contributed by atoms with Crippen LogP contribution in [0.1, 0.15) is 11.1 Å². The lowest BCUT2D eigenvalue weighted by molar-refractivity contribution is 0.139. The Labute approximate surface area is 118 Å². The molecule has 0 spiro atoms. The van der Waals surface area contributed by atoms with E-state index in [0.717, 1.165) is 22.6 Å². The molecule has 0 saturated heterocycles. The predicted molar refractivity (Wildman–Crippen MR) is 75.5 cm³/mol. The number of amides is 1. The first kappa shape index (κ1) is 14.5. The summed E-state index contributed by atoms with van der Waals surface area (Å²) in [6, 6.07) is 3.89. The normalized spacial score (nSPS) is 13.8. The second-order valence-electron chi connectivity index (χ2n) is 4.65. The van der Waals surface area contributed by atoms with Crippen LogP contribution >= 0.6 is 0 Å². The van der Waals surface area contributed by atoms with E-state index >= 15 is 0 Å². The summed E-state index contributed by atoms with van der Waals surface area (Å²) in [6.07, 6.45) is -0.171. The zero-order valence-corrected chi connectivity index (χ0v) is 11.8. The maximum absolute atomic E-state index is 11.1. The summed E-state index contributed by atoms with van der Waals surface area (Å²) in [5.41, 5.74) is 3.09. The smallest absolute Gasteiger partial charge is 0.407 e. The van der Waals surface area contributed by atoms with Crippen molar-refractivity contribution < 1.29 is 19.4 Å². The van der Waals surface area contributed by atoms with E-state index in [9.17, 15) is 4.79 Å². The molecule has 110 valence electrons. The van der Waals surface area contributed by atoms with Crippen LogP contribution in [0.4, 0.5) is 10.5 Å². The molecule has 1 aromatic carbocycles.